The minimum absolute atomic E-state index is 0.00129. The largest absolute Gasteiger partial charge is 0.368 e. The van der Waals surface area contributed by atoms with E-state index in [2.05, 4.69) is 13.0 Å². The SMILES string of the molecule is CCCC1CCC(C2CC=C(c3ccc(C4CO4)c(Cl)c3F)CC2)CC1. The van der Waals surface area contributed by atoms with Gasteiger partial charge in [0, 0.05) is 11.1 Å². The summed E-state index contributed by atoms with van der Waals surface area (Å²) in [6, 6.07) is 3.85. The van der Waals surface area contributed by atoms with Crippen LogP contribution < -0.4 is 0 Å². The lowest BCUT2D eigenvalue weighted by molar-refractivity contribution is 0.189. The number of halogens is 2. The van der Waals surface area contributed by atoms with Gasteiger partial charge in [0.1, 0.15) is 11.9 Å². The van der Waals surface area contributed by atoms with Crippen LogP contribution in [0.25, 0.3) is 5.57 Å². The number of hydrogen-bond donors (Lipinski definition) is 0. The van der Waals surface area contributed by atoms with Crippen molar-refractivity contribution in [2.45, 2.75) is 70.8 Å². The van der Waals surface area contributed by atoms with E-state index < -0.39 is 0 Å². The molecule has 1 heterocycles. The molecule has 4 rings (SSSR count). The van der Waals surface area contributed by atoms with Crippen LogP contribution in [-0.2, 0) is 4.74 Å². The smallest absolute Gasteiger partial charge is 0.149 e. The van der Waals surface area contributed by atoms with Crippen LogP contribution in [0.4, 0.5) is 4.39 Å². The molecule has 0 bridgehead atoms. The maximum atomic E-state index is 14.8. The van der Waals surface area contributed by atoms with Crippen LogP contribution in [-0.4, -0.2) is 6.61 Å². The van der Waals surface area contributed by atoms with Gasteiger partial charge < -0.3 is 4.74 Å². The first-order chi connectivity index (χ1) is 12.7. The monoisotopic (exact) mass is 376 g/mol. The van der Waals surface area contributed by atoms with Crippen molar-refractivity contribution in [2.24, 2.45) is 17.8 Å². The average molecular weight is 377 g/mol. The van der Waals surface area contributed by atoms with Gasteiger partial charge in [-0.3, -0.25) is 0 Å². The zero-order valence-corrected chi connectivity index (χ0v) is 16.5. The predicted octanol–water partition coefficient (Wildman–Crippen LogP) is 7.34. The molecular formula is C23H30ClFO. The summed E-state index contributed by atoms with van der Waals surface area (Å²) >= 11 is 6.26. The first kappa shape index (κ1) is 18.5. The summed E-state index contributed by atoms with van der Waals surface area (Å²) in [4.78, 5) is 0. The van der Waals surface area contributed by atoms with Crippen molar-refractivity contribution in [3.05, 3.63) is 40.2 Å². The number of epoxide rings is 1. The van der Waals surface area contributed by atoms with Gasteiger partial charge in [-0.05, 0) is 55.4 Å². The molecule has 2 atom stereocenters. The Hall–Kier alpha value is -0.860. The fraction of sp³-hybridized carbons (Fsp3) is 0.652. The van der Waals surface area contributed by atoms with E-state index in [1.807, 2.05) is 12.1 Å². The molecule has 0 N–H and O–H groups in total. The molecule has 2 aliphatic carbocycles. The van der Waals surface area contributed by atoms with E-state index in [1.54, 1.807) is 0 Å². The molecule has 2 unspecified atom stereocenters. The highest BCUT2D eigenvalue weighted by Crippen LogP contribution is 2.44. The Morgan fingerprint density at radius 2 is 1.88 bits per heavy atom. The van der Waals surface area contributed by atoms with Gasteiger partial charge in [0.2, 0.25) is 0 Å². The molecule has 1 nitrogen and oxygen atoms in total. The Morgan fingerprint density at radius 3 is 2.50 bits per heavy atom. The van der Waals surface area contributed by atoms with Crippen LogP contribution in [0.3, 0.4) is 0 Å². The van der Waals surface area contributed by atoms with Crippen LogP contribution in [0.1, 0.15) is 81.9 Å². The highest BCUT2D eigenvalue weighted by molar-refractivity contribution is 6.31. The van der Waals surface area contributed by atoms with Crippen LogP contribution in [0.2, 0.25) is 5.02 Å². The van der Waals surface area contributed by atoms with Gasteiger partial charge in [0.05, 0.1) is 11.6 Å². The van der Waals surface area contributed by atoms with Gasteiger partial charge in [0.25, 0.3) is 0 Å². The van der Waals surface area contributed by atoms with Gasteiger partial charge in [-0.25, -0.2) is 4.39 Å². The lowest BCUT2D eigenvalue weighted by Crippen LogP contribution is -2.23. The summed E-state index contributed by atoms with van der Waals surface area (Å²) in [7, 11) is 0. The lowest BCUT2D eigenvalue weighted by atomic mass is 9.70. The molecule has 0 spiro atoms. The summed E-state index contributed by atoms with van der Waals surface area (Å²) in [5, 5.41) is 0.252. The third kappa shape index (κ3) is 3.87. The Balaban J connectivity index is 1.40. The summed E-state index contributed by atoms with van der Waals surface area (Å²) in [5.74, 6) is 2.38. The van der Waals surface area contributed by atoms with E-state index in [1.165, 1.54) is 44.9 Å². The molecule has 0 amide bonds. The topological polar surface area (TPSA) is 12.5 Å². The van der Waals surface area contributed by atoms with Gasteiger partial charge in [0.15, 0.2) is 0 Å². The van der Waals surface area contributed by atoms with Gasteiger partial charge >= 0.3 is 0 Å². The highest BCUT2D eigenvalue weighted by Gasteiger charge is 2.31. The maximum Gasteiger partial charge on any atom is 0.149 e. The van der Waals surface area contributed by atoms with Crippen LogP contribution >= 0.6 is 11.6 Å². The number of hydrogen-bond acceptors (Lipinski definition) is 1. The highest BCUT2D eigenvalue weighted by atomic mass is 35.5. The molecule has 1 saturated heterocycles. The number of ether oxygens (including phenoxy) is 1. The number of benzene rings is 1. The van der Waals surface area contributed by atoms with E-state index in [4.69, 9.17) is 16.3 Å². The third-order valence-electron chi connectivity index (χ3n) is 6.84. The Bertz CT molecular complexity index is 671. The summed E-state index contributed by atoms with van der Waals surface area (Å²) in [5.41, 5.74) is 2.64. The molecule has 3 aliphatic rings. The minimum atomic E-state index is -0.260. The van der Waals surface area contributed by atoms with Crippen molar-refractivity contribution in [3.8, 4) is 0 Å². The fourth-order valence-corrected chi connectivity index (χ4v) is 5.46. The van der Waals surface area contributed by atoms with Crippen molar-refractivity contribution in [1.82, 2.24) is 0 Å². The molecule has 1 aromatic rings. The molecule has 142 valence electrons. The molecule has 26 heavy (non-hydrogen) atoms. The fourth-order valence-electron chi connectivity index (χ4n) is 5.17. The second kappa shape index (κ2) is 8.02. The van der Waals surface area contributed by atoms with Crippen LogP contribution in [0.15, 0.2) is 18.2 Å². The van der Waals surface area contributed by atoms with Crippen molar-refractivity contribution in [1.29, 1.82) is 0 Å². The van der Waals surface area contributed by atoms with E-state index in [0.29, 0.717) is 12.2 Å². The van der Waals surface area contributed by atoms with Gasteiger partial charge in [-0.2, -0.15) is 0 Å². The molecule has 2 fully saturated rings. The summed E-state index contributed by atoms with van der Waals surface area (Å²) in [6.07, 6.45) is 13.9. The molecular weight excluding hydrogens is 347 g/mol. The van der Waals surface area contributed by atoms with E-state index in [-0.39, 0.29) is 16.9 Å². The summed E-state index contributed by atoms with van der Waals surface area (Å²) < 4.78 is 20.0. The quantitative estimate of drug-likeness (QED) is 0.489. The maximum absolute atomic E-state index is 14.8. The lowest BCUT2D eigenvalue weighted by Gasteiger charge is -2.35. The van der Waals surface area contributed by atoms with Crippen molar-refractivity contribution in [2.75, 3.05) is 6.61 Å². The van der Waals surface area contributed by atoms with E-state index in [9.17, 15) is 4.39 Å². The van der Waals surface area contributed by atoms with Crippen molar-refractivity contribution >= 4 is 17.2 Å². The number of allylic oxidation sites excluding steroid dienone is 2. The Morgan fingerprint density at radius 1 is 1.12 bits per heavy atom. The zero-order valence-electron chi connectivity index (χ0n) is 15.8. The molecule has 1 aromatic carbocycles. The minimum Gasteiger partial charge on any atom is -0.368 e. The standard InChI is InChI=1S/C23H30ClFO/c1-2-3-15-4-6-16(7-5-15)17-8-10-18(11-9-17)19-12-13-20(21-14-26-21)22(24)23(19)25/h10,12-13,15-17,21H,2-9,11,14H2,1H3. The van der Waals surface area contributed by atoms with Crippen LogP contribution in [0, 0.1) is 23.6 Å². The Labute approximate surface area is 162 Å². The summed E-state index contributed by atoms with van der Waals surface area (Å²) in [6.45, 7) is 2.96. The van der Waals surface area contributed by atoms with Crippen LogP contribution in [0.5, 0.6) is 0 Å². The van der Waals surface area contributed by atoms with E-state index in [0.717, 1.165) is 41.7 Å². The number of rotatable bonds is 5. The molecule has 1 aliphatic heterocycles. The zero-order chi connectivity index (χ0) is 18.1. The third-order valence-corrected chi connectivity index (χ3v) is 7.23. The predicted molar refractivity (Wildman–Crippen MR) is 106 cm³/mol. The van der Waals surface area contributed by atoms with Gasteiger partial charge in [-0.1, -0.05) is 62.4 Å². The second-order valence-electron chi connectivity index (χ2n) is 8.49. The molecule has 0 radical (unpaired) electrons. The first-order valence-corrected chi connectivity index (χ1v) is 10.8. The van der Waals surface area contributed by atoms with Crippen molar-refractivity contribution < 1.29 is 9.13 Å². The molecule has 0 aromatic heterocycles. The first-order valence-electron chi connectivity index (χ1n) is 10.5. The Kier molecular flexibility index (Phi) is 5.71. The van der Waals surface area contributed by atoms with E-state index >= 15 is 0 Å². The molecule has 1 saturated carbocycles. The molecule has 3 heteroatoms. The van der Waals surface area contributed by atoms with Gasteiger partial charge in [-0.15, -0.1) is 0 Å². The van der Waals surface area contributed by atoms with Crippen molar-refractivity contribution in [3.63, 3.8) is 0 Å². The normalized spacial score (nSPS) is 31.6. The second-order valence-corrected chi connectivity index (χ2v) is 8.86. The average Bonchev–Trinajstić information content (AvgIpc) is 3.50.